The highest BCUT2D eigenvalue weighted by molar-refractivity contribution is 5.94. The van der Waals surface area contributed by atoms with Gasteiger partial charge in [0, 0.05) is 5.56 Å². The van der Waals surface area contributed by atoms with Crippen LogP contribution in [0.2, 0.25) is 0 Å². The molecule has 1 aromatic heterocycles. The fourth-order valence-corrected chi connectivity index (χ4v) is 3.45. The highest BCUT2D eigenvalue weighted by Gasteiger charge is 2.22. The Morgan fingerprint density at radius 3 is 2.48 bits per heavy atom. The van der Waals surface area contributed by atoms with Gasteiger partial charge < -0.3 is 15.2 Å². The number of ether oxygens (including phenoxy) is 1. The number of aromatic nitrogens is 1. The molecule has 1 atom stereocenters. The molecule has 3 rings (SSSR count). The molecule has 1 amide bonds. The third-order valence-electron chi connectivity index (χ3n) is 5.00. The minimum Gasteiger partial charge on any atom is -0.494 e. The summed E-state index contributed by atoms with van der Waals surface area (Å²) in [5.74, 6) is -1.48. The first-order valence-corrected chi connectivity index (χ1v) is 9.70. The summed E-state index contributed by atoms with van der Waals surface area (Å²) in [5.41, 5.74) is 3.38. The molecule has 0 spiro atoms. The Bertz CT molecular complexity index is 1130. The van der Waals surface area contributed by atoms with E-state index in [-0.39, 0.29) is 17.9 Å². The van der Waals surface area contributed by atoms with Crippen LogP contribution < -0.4 is 10.1 Å². The molecule has 31 heavy (non-hydrogen) atoms. The molecular formula is C24H23FN2O4. The average Bonchev–Trinajstić information content (AvgIpc) is 2.73. The van der Waals surface area contributed by atoms with Gasteiger partial charge in [-0.15, -0.1) is 0 Å². The number of rotatable bonds is 7. The fourth-order valence-electron chi connectivity index (χ4n) is 3.45. The minimum atomic E-state index is -1.03. The SMILES string of the molecule is COc1ccc(C(=O)NC(CC(=O)O)c2ccccc2C)nc1-c1ccc(F)cc1C. The number of carboxylic acid groups (broad SMARTS) is 1. The fraction of sp³-hybridized carbons (Fsp3) is 0.208. The first-order chi connectivity index (χ1) is 14.8. The van der Waals surface area contributed by atoms with E-state index in [1.165, 1.54) is 25.3 Å². The van der Waals surface area contributed by atoms with Crippen LogP contribution in [0.1, 0.15) is 39.6 Å². The summed E-state index contributed by atoms with van der Waals surface area (Å²) in [5, 5.41) is 12.1. The molecule has 0 saturated heterocycles. The maximum absolute atomic E-state index is 13.5. The van der Waals surface area contributed by atoms with E-state index in [1.807, 2.05) is 19.1 Å². The first kappa shape index (κ1) is 22.0. The molecule has 6 nitrogen and oxygen atoms in total. The number of hydrogen-bond donors (Lipinski definition) is 2. The van der Waals surface area contributed by atoms with E-state index in [0.29, 0.717) is 22.6 Å². The van der Waals surface area contributed by atoms with Gasteiger partial charge in [0.2, 0.25) is 0 Å². The molecule has 7 heteroatoms. The van der Waals surface area contributed by atoms with Crippen molar-refractivity contribution in [1.82, 2.24) is 10.3 Å². The number of nitrogens with one attached hydrogen (secondary N) is 1. The molecule has 0 saturated carbocycles. The van der Waals surface area contributed by atoms with E-state index in [0.717, 1.165) is 11.1 Å². The van der Waals surface area contributed by atoms with Crippen molar-refractivity contribution in [3.8, 4) is 17.0 Å². The van der Waals surface area contributed by atoms with Crippen LogP contribution in [0.5, 0.6) is 5.75 Å². The lowest BCUT2D eigenvalue weighted by molar-refractivity contribution is -0.137. The van der Waals surface area contributed by atoms with Crippen molar-refractivity contribution in [2.24, 2.45) is 0 Å². The van der Waals surface area contributed by atoms with Crippen molar-refractivity contribution < 1.29 is 23.8 Å². The highest BCUT2D eigenvalue weighted by atomic mass is 19.1. The molecule has 1 unspecified atom stereocenters. The third-order valence-corrected chi connectivity index (χ3v) is 5.00. The van der Waals surface area contributed by atoms with Crippen LogP contribution in [0.25, 0.3) is 11.3 Å². The van der Waals surface area contributed by atoms with Gasteiger partial charge in [-0.25, -0.2) is 9.37 Å². The number of halogens is 1. The number of carboxylic acids is 1. The Morgan fingerprint density at radius 2 is 1.84 bits per heavy atom. The van der Waals surface area contributed by atoms with E-state index in [1.54, 1.807) is 31.2 Å². The Hall–Kier alpha value is -3.74. The lowest BCUT2D eigenvalue weighted by Crippen LogP contribution is -2.31. The van der Waals surface area contributed by atoms with Gasteiger partial charge >= 0.3 is 5.97 Å². The van der Waals surface area contributed by atoms with Gasteiger partial charge in [-0.05, 0) is 60.9 Å². The standard InChI is InChI=1S/C24H23FN2O4/c1-14-6-4-5-7-17(14)20(13-22(28)29)27-24(30)19-10-11-21(31-3)23(26-19)18-9-8-16(25)12-15(18)2/h4-12,20H,13H2,1-3H3,(H,27,30)(H,28,29). The molecule has 3 aromatic rings. The zero-order chi connectivity index (χ0) is 22.5. The van der Waals surface area contributed by atoms with Gasteiger partial charge in [0.25, 0.3) is 5.91 Å². The Labute approximate surface area is 179 Å². The number of carbonyl (C=O) groups excluding carboxylic acids is 1. The van der Waals surface area contributed by atoms with Crippen LogP contribution in [0.3, 0.4) is 0 Å². The molecule has 0 aliphatic carbocycles. The van der Waals surface area contributed by atoms with Crippen molar-refractivity contribution in [2.75, 3.05) is 7.11 Å². The number of methoxy groups -OCH3 is 1. The summed E-state index contributed by atoms with van der Waals surface area (Å²) < 4.78 is 18.9. The number of nitrogens with zero attached hydrogens (tertiary/aromatic N) is 1. The molecule has 0 aliphatic heterocycles. The number of aryl methyl sites for hydroxylation is 2. The van der Waals surface area contributed by atoms with E-state index in [4.69, 9.17) is 4.74 Å². The summed E-state index contributed by atoms with van der Waals surface area (Å²) >= 11 is 0. The second-order valence-electron chi connectivity index (χ2n) is 7.19. The van der Waals surface area contributed by atoms with Crippen LogP contribution in [0.4, 0.5) is 4.39 Å². The summed E-state index contributed by atoms with van der Waals surface area (Å²) in [6.45, 7) is 3.60. The van der Waals surface area contributed by atoms with Gasteiger partial charge in [0.15, 0.2) is 0 Å². The van der Waals surface area contributed by atoms with Crippen molar-refractivity contribution in [2.45, 2.75) is 26.3 Å². The first-order valence-electron chi connectivity index (χ1n) is 9.70. The summed E-state index contributed by atoms with van der Waals surface area (Å²) in [4.78, 5) is 28.8. The largest absolute Gasteiger partial charge is 0.494 e. The molecule has 2 aromatic carbocycles. The van der Waals surface area contributed by atoms with E-state index in [9.17, 15) is 19.1 Å². The van der Waals surface area contributed by atoms with Crippen molar-refractivity contribution in [1.29, 1.82) is 0 Å². The zero-order valence-corrected chi connectivity index (χ0v) is 17.5. The van der Waals surface area contributed by atoms with Gasteiger partial charge in [0.1, 0.15) is 23.0 Å². The number of amides is 1. The summed E-state index contributed by atoms with van der Waals surface area (Å²) in [6, 6.07) is 14.0. The summed E-state index contributed by atoms with van der Waals surface area (Å²) in [6.07, 6.45) is -0.267. The highest BCUT2D eigenvalue weighted by Crippen LogP contribution is 2.31. The van der Waals surface area contributed by atoms with Crippen LogP contribution >= 0.6 is 0 Å². The summed E-state index contributed by atoms with van der Waals surface area (Å²) in [7, 11) is 1.49. The van der Waals surface area contributed by atoms with Crippen molar-refractivity contribution in [3.63, 3.8) is 0 Å². The Morgan fingerprint density at radius 1 is 1.10 bits per heavy atom. The Kier molecular flexibility index (Phi) is 6.65. The molecule has 160 valence electrons. The number of pyridine rings is 1. The molecule has 0 radical (unpaired) electrons. The predicted molar refractivity (Wildman–Crippen MR) is 115 cm³/mol. The van der Waals surface area contributed by atoms with E-state index in [2.05, 4.69) is 10.3 Å². The monoisotopic (exact) mass is 422 g/mol. The smallest absolute Gasteiger partial charge is 0.305 e. The molecule has 0 fully saturated rings. The van der Waals surface area contributed by atoms with Crippen LogP contribution in [-0.2, 0) is 4.79 Å². The third kappa shape index (κ3) is 5.06. The lowest BCUT2D eigenvalue weighted by atomic mass is 9.98. The van der Waals surface area contributed by atoms with Gasteiger partial charge in [0.05, 0.1) is 19.6 Å². The topological polar surface area (TPSA) is 88.5 Å². The van der Waals surface area contributed by atoms with Gasteiger partial charge in [-0.3, -0.25) is 9.59 Å². The minimum absolute atomic E-state index is 0.100. The van der Waals surface area contributed by atoms with Crippen molar-refractivity contribution in [3.05, 3.63) is 82.8 Å². The maximum atomic E-state index is 13.5. The maximum Gasteiger partial charge on any atom is 0.305 e. The number of hydrogen-bond acceptors (Lipinski definition) is 4. The van der Waals surface area contributed by atoms with Crippen LogP contribution in [-0.4, -0.2) is 29.1 Å². The van der Waals surface area contributed by atoms with Crippen LogP contribution in [0.15, 0.2) is 54.6 Å². The van der Waals surface area contributed by atoms with Gasteiger partial charge in [-0.1, -0.05) is 24.3 Å². The Balaban J connectivity index is 1.97. The molecular weight excluding hydrogens is 399 g/mol. The normalized spacial score (nSPS) is 11.6. The number of benzene rings is 2. The zero-order valence-electron chi connectivity index (χ0n) is 17.5. The predicted octanol–water partition coefficient (Wildman–Crippen LogP) is 4.46. The second kappa shape index (κ2) is 9.38. The molecule has 1 heterocycles. The van der Waals surface area contributed by atoms with Crippen LogP contribution in [0, 0.1) is 19.7 Å². The van der Waals surface area contributed by atoms with E-state index < -0.39 is 17.9 Å². The average molecular weight is 422 g/mol. The number of carbonyl (C=O) groups is 2. The quantitative estimate of drug-likeness (QED) is 0.587. The molecule has 0 bridgehead atoms. The molecule has 2 N–H and O–H groups in total. The van der Waals surface area contributed by atoms with Gasteiger partial charge in [-0.2, -0.15) is 0 Å². The number of aliphatic carboxylic acids is 1. The lowest BCUT2D eigenvalue weighted by Gasteiger charge is -2.20. The van der Waals surface area contributed by atoms with Crippen molar-refractivity contribution >= 4 is 11.9 Å². The van der Waals surface area contributed by atoms with E-state index >= 15 is 0 Å². The molecule has 0 aliphatic rings. The second-order valence-corrected chi connectivity index (χ2v) is 7.19.